The molecule has 1 aromatic carbocycles. The Morgan fingerprint density at radius 2 is 1.93 bits per heavy atom. The van der Waals surface area contributed by atoms with Crippen molar-refractivity contribution >= 4 is 34.9 Å². The van der Waals surface area contributed by atoms with Gasteiger partial charge < -0.3 is 20.3 Å². The highest BCUT2D eigenvalue weighted by molar-refractivity contribution is 6.42. The zero-order valence-electron chi connectivity index (χ0n) is 16.7. The SMILES string of the molecule is CC(C)(CO)NC(=O)C(=O)c1cc(C(=O)Nc2cc(F)cc(Cl)c2)c2n1CCCC2. The Balaban J connectivity index is 1.91. The molecule has 0 bridgehead atoms. The van der Waals surface area contributed by atoms with E-state index in [1.54, 1.807) is 18.4 Å². The molecule has 2 heterocycles. The van der Waals surface area contributed by atoms with E-state index in [-0.39, 0.29) is 28.6 Å². The zero-order chi connectivity index (χ0) is 22.1. The van der Waals surface area contributed by atoms with Crippen molar-refractivity contribution in [3.63, 3.8) is 0 Å². The molecule has 2 amide bonds. The minimum Gasteiger partial charge on any atom is -0.394 e. The first-order valence-electron chi connectivity index (χ1n) is 9.59. The maximum absolute atomic E-state index is 13.6. The number of hydrogen-bond donors (Lipinski definition) is 3. The lowest BCUT2D eigenvalue weighted by atomic mass is 10.1. The van der Waals surface area contributed by atoms with Crippen LogP contribution in [-0.2, 0) is 17.8 Å². The number of Topliss-reactive ketones (excluding diaryl/α,β-unsaturated/α-hetero) is 1. The molecule has 0 aliphatic carbocycles. The molecule has 1 aliphatic rings. The molecule has 0 unspecified atom stereocenters. The van der Waals surface area contributed by atoms with Crippen LogP contribution in [0.25, 0.3) is 0 Å². The number of benzene rings is 1. The van der Waals surface area contributed by atoms with Gasteiger partial charge >= 0.3 is 0 Å². The van der Waals surface area contributed by atoms with Crippen molar-refractivity contribution in [3.8, 4) is 0 Å². The van der Waals surface area contributed by atoms with Crippen LogP contribution in [0.1, 0.15) is 53.2 Å². The summed E-state index contributed by atoms with van der Waals surface area (Å²) in [5.41, 5.74) is 0.252. The zero-order valence-corrected chi connectivity index (χ0v) is 17.5. The number of halogens is 2. The van der Waals surface area contributed by atoms with Crippen molar-refractivity contribution in [1.82, 2.24) is 9.88 Å². The number of carbonyl (C=O) groups excluding carboxylic acids is 3. The highest BCUT2D eigenvalue weighted by Gasteiger charge is 2.31. The average Bonchev–Trinajstić information content (AvgIpc) is 3.06. The molecule has 3 rings (SSSR count). The van der Waals surface area contributed by atoms with Gasteiger partial charge in [-0.2, -0.15) is 0 Å². The fourth-order valence-electron chi connectivity index (χ4n) is 3.41. The number of aromatic nitrogens is 1. The summed E-state index contributed by atoms with van der Waals surface area (Å²) in [6, 6.07) is 5.08. The first kappa shape index (κ1) is 22.0. The lowest BCUT2D eigenvalue weighted by Crippen LogP contribution is -2.49. The Hall–Kier alpha value is -2.71. The molecule has 0 saturated carbocycles. The number of nitrogens with one attached hydrogen (secondary N) is 2. The van der Waals surface area contributed by atoms with Crippen LogP contribution < -0.4 is 10.6 Å². The molecule has 0 saturated heterocycles. The minimum absolute atomic E-state index is 0.110. The molecule has 3 N–H and O–H groups in total. The summed E-state index contributed by atoms with van der Waals surface area (Å²) in [6.45, 7) is 3.36. The van der Waals surface area contributed by atoms with E-state index in [4.69, 9.17) is 11.6 Å². The van der Waals surface area contributed by atoms with Crippen molar-refractivity contribution in [3.05, 3.63) is 52.1 Å². The predicted molar refractivity (Wildman–Crippen MR) is 110 cm³/mol. The number of ketones is 1. The monoisotopic (exact) mass is 435 g/mol. The first-order valence-corrected chi connectivity index (χ1v) is 9.96. The van der Waals surface area contributed by atoms with Crippen molar-refractivity contribution in [2.24, 2.45) is 0 Å². The molecule has 0 atom stereocenters. The van der Waals surface area contributed by atoms with Gasteiger partial charge in [0.05, 0.1) is 23.4 Å². The standard InChI is InChI=1S/C21H23ClFN3O4/c1-21(2,11-27)25-20(30)18(28)17-10-15(16-5-3-4-6-26(16)17)19(29)24-14-8-12(22)7-13(23)9-14/h7-10,27H,3-6,11H2,1-2H3,(H,24,29)(H,25,30). The summed E-state index contributed by atoms with van der Waals surface area (Å²) in [6.07, 6.45) is 2.23. The molecule has 1 aliphatic heterocycles. The normalized spacial score (nSPS) is 13.5. The summed E-state index contributed by atoms with van der Waals surface area (Å²) in [5.74, 6) is -2.75. The van der Waals surface area contributed by atoms with E-state index in [1.165, 1.54) is 12.1 Å². The number of hydrogen-bond acceptors (Lipinski definition) is 4. The summed E-state index contributed by atoms with van der Waals surface area (Å²) in [7, 11) is 0. The van der Waals surface area contributed by atoms with Crippen molar-refractivity contribution in [2.45, 2.75) is 45.2 Å². The van der Waals surface area contributed by atoms with Crippen LogP contribution in [0.5, 0.6) is 0 Å². The summed E-state index contributed by atoms with van der Waals surface area (Å²) in [4.78, 5) is 38.0. The minimum atomic E-state index is -0.957. The van der Waals surface area contributed by atoms with Gasteiger partial charge in [0.25, 0.3) is 17.6 Å². The smallest absolute Gasteiger partial charge is 0.294 e. The molecular weight excluding hydrogens is 413 g/mol. The molecule has 2 aromatic rings. The van der Waals surface area contributed by atoms with Gasteiger partial charge in [-0.1, -0.05) is 11.6 Å². The van der Waals surface area contributed by atoms with E-state index in [0.717, 1.165) is 25.0 Å². The van der Waals surface area contributed by atoms with Gasteiger partial charge in [0.1, 0.15) is 5.82 Å². The molecule has 0 radical (unpaired) electrons. The predicted octanol–water partition coefficient (Wildman–Crippen LogP) is 2.94. The Bertz CT molecular complexity index is 996. The van der Waals surface area contributed by atoms with E-state index >= 15 is 0 Å². The quantitative estimate of drug-likeness (QED) is 0.479. The summed E-state index contributed by atoms with van der Waals surface area (Å²) in [5, 5.41) is 14.6. The molecule has 9 heteroatoms. The van der Waals surface area contributed by atoms with E-state index in [9.17, 15) is 23.9 Å². The van der Waals surface area contributed by atoms with Crippen LogP contribution in [0.15, 0.2) is 24.3 Å². The molecule has 0 fully saturated rings. The molecule has 0 spiro atoms. The average molecular weight is 436 g/mol. The van der Waals surface area contributed by atoms with Crippen molar-refractivity contribution < 1.29 is 23.9 Å². The highest BCUT2D eigenvalue weighted by Crippen LogP contribution is 2.26. The van der Waals surface area contributed by atoms with Gasteiger partial charge in [0.15, 0.2) is 0 Å². The third-order valence-electron chi connectivity index (χ3n) is 4.90. The number of aliphatic hydroxyl groups is 1. The third-order valence-corrected chi connectivity index (χ3v) is 5.12. The highest BCUT2D eigenvalue weighted by atomic mass is 35.5. The van der Waals surface area contributed by atoms with E-state index in [1.807, 2.05) is 0 Å². The van der Waals surface area contributed by atoms with Crippen molar-refractivity contribution in [2.75, 3.05) is 11.9 Å². The van der Waals surface area contributed by atoms with Crippen LogP contribution >= 0.6 is 11.6 Å². The van der Waals surface area contributed by atoms with Gasteiger partial charge in [0, 0.05) is 22.9 Å². The van der Waals surface area contributed by atoms with E-state index in [2.05, 4.69) is 10.6 Å². The second-order valence-corrected chi connectivity index (χ2v) is 8.37. The number of carbonyl (C=O) groups is 3. The fraction of sp³-hybridized carbons (Fsp3) is 0.381. The number of rotatable bonds is 6. The Labute approximate surface area is 178 Å². The Kier molecular flexibility index (Phi) is 6.28. The summed E-state index contributed by atoms with van der Waals surface area (Å²) >= 11 is 5.84. The maximum atomic E-state index is 13.6. The fourth-order valence-corrected chi connectivity index (χ4v) is 3.63. The van der Waals surface area contributed by atoms with E-state index in [0.29, 0.717) is 18.7 Å². The molecule has 1 aromatic heterocycles. The second-order valence-electron chi connectivity index (χ2n) is 7.94. The van der Waals surface area contributed by atoms with Gasteiger partial charge in [-0.05, 0) is 57.4 Å². The van der Waals surface area contributed by atoms with Gasteiger partial charge in [-0.15, -0.1) is 0 Å². The Morgan fingerprint density at radius 1 is 1.20 bits per heavy atom. The Morgan fingerprint density at radius 3 is 2.60 bits per heavy atom. The number of aliphatic hydroxyl groups excluding tert-OH is 1. The second kappa shape index (κ2) is 8.57. The van der Waals surface area contributed by atoms with Crippen LogP contribution in [0.2, 0.25) is 5.02 Å². The third kappa shape index (κ3) is 4.71. The van der Waals surface area contributed by atoms with Gasteiger partial charge in [-0.25, -0.2) is 4.39 Å². The topological polar surface area (TPSA) is 100 Å². The first-order chi connectivity index (χ1) is 14.1. The van der Waals surface area contributed by atoms with Gasteiger partial charge in [0.2, 0.25) is 0 Å². The molecule has 30 heavy (non-hydrogen) atoms. The summed E-state index contributed by atoms with van der Waals surface area (Å²) < 4.78 is 15.3. The molecular formula is C21H23ClFN3O4. The molecule has 160 valence electrons. The van der Waals surface area contributed by atoms with Crippen LogP contribution in [-0.4, -0.2) is 39.4 Å². The maximum Gasteiger partial charge on any atom is 0.294 e. The number of anilines is 1. The van der Waals surface area contributed by atoms with Crippen molar-refractivity contribution in [1.29, 1.82) is 0 Å². The van der Waals surface area contributed by atoms with E-state index < -0.39 is 29.0 Å². The van der Waals surface area contributed by atoms with Gasteiger partial charge in [-0.3, -0.25) is 14.4 Å². The molecule has 7 nitrogen and oxygen atoms in total. The number of amides is 2. The van der Waals surface area contributed by atoms with Crippen LogP contribution in [0.3, 0.4) is 0 Å². The lowest BCUT2D eigenvalue weighted by Gasteiger charge is -2.23. The van der Waals surface area contributed by atoms with Crippen LogP contribution in [0.4, 0.5) is 10.1 Å². The largest absolute Gasteiger partial charge is 0.394 e. The number of nitrogens with zero attached hydrogens (tertiary/aromatic N) is 1. The number of fused-ring (bicyclic) bond motifs is 1. The van der Waals surface area contributed by atoms with Crippen LogP contribution in [0, 0.1) is 5.82 Å². The lowest BCUT2D eigenvalue weighted by molar-refractivity contribution is -0.119.